The van der Waals surface area contributed by atoms with Crippen molar-refractivity contribution in [2.24, 2.45) is 11.8 Å². The molecule has 0 saturated heterocycles. The Kier molecular flexibility index (Phi) is 5.04. The van der Waals surface area contributed by atoms with Crippen LogP contribution >= 0.6 is 0 Å². The van der Waals surface area contributed by atoms with E-state index in [9.17, 15) is 0 Å². The van der Waals surface area contributed by atoms with Crippen LogP contribution in [0.3, 0.4) is 0 Å². The summed E-state index contributed by atoms with van der Waals surface area (Å²) in [6.07, 6.45) is 5.25. The number of benzene rings is 1. The third-order valence-corrected chi connectivity index (χ3v) is 4.99. The average molecular weight is 259 g/mol. The van der Waals surface area contributed by atoms with Crippen LogP contribution in [0.2, 0.25) is 0 Å². The molecule has 106 valence electrons. The van der Waals surface area contributed by atoms with Crippen LogP contribution in [0.1, 0.15) is 49.8 Å². The molecule has 0 heterocycles. The van der Waals surface area contributed by atoms with Crippen LogP contribution in [0.15, 0.2) is 18.2 Å². The van der Waals surface area contributed by atoms with Crippen molar-refractivity contribution in [3.05, 3.63) is 34.9 Å². The molecule has 1 fully saturated rings. The minimum absolute atomic E-state index is 0.745. The maximum Gasteiger partial charge on any atom is 0.00955 e. The second-order valence-corrected chi connectivity index (χ2v) is 6.33. The molecule has 1 aromatic carbocycles. The molecule has 1 aromatic rings. The summed E-state index contributed by atoms with van der Waals surface area (Å²) in [6.45, 7) is 10.4. The van der Waals surface area contributed by atoms with E-state index >= 15 is 0 Å². The van der Waals surface area contributed by atoms with E-state index in [0.29, 0.717) is 0 Å². The molecule has 1 aliphatic rings. The van der Waals surface area contributed by atoms with Crippen molar-refractivity contribution in [3.8, 4) is 0 Å². The molecular weight excluding hydrogens is 230 g/mol. The Morgan fingerprint density at radius 1 is 1.16 bits per heavy atom. The third kappa shape index (κ3) is 3.39. The van der Waals surface area contributed by atoms with E-state index in [1.807, 2.05) is 0 Å². The first kappa shape index (κ1) is 14.6. The summed E-state index contributed by atoms with van der Waals surface area (Å²) in [5.41, 5.74) is 4.53. The Labute approximate surface area is 118 Å². The van der Waals surface area contributed by atoms with Gasteiger partial charge in [-0.15, -0.1) is 0 Å². The van der Waals surface area contributed by atoms with Crippen molar-refractivity contribution in [3.63, 3.8) is 0 Å². The minimum Gasteiger partial charge on any atom is -0.314 e. The van der Waals surface area contributed by atoms with Crippen molar-refractivity contribution in [2.75, 3.05) is 6.54 Å². The molecule has 0 radical (unpaired) electrons. The highest BCUT2D eigenvalue weighted by Crippen LogP contribution is 2.35. The summed E-state index contributed by atoms with van der Waals surface area (Å²) in [4.78, 5) is 0. The standard InChI is InChI=1S/C18H29N/c1-5-11-19-18-10-9-16(15(18)4)12-17-13(2)7-6-8-14(17)3/h6-8,15-16,18-19H,5,9-12H2,1-4H3. The van der Waals surface area contributed by atoms with Crippen LogP contribution < -0.4 is 5.32 Å². The fourth-order valence-electron chi connectivity index (χ4n) is 3.59. The number of nitrogens with one attached hydrogen (secondary N) is 1. The van der Waals surface area contributed by atoms with Gasteiger partial charge in [-0.05, 0) is 74.6 Å². The zero-order valence-corrected chi connectivity index (χ0v) is 13.0. The molecule has 1 nitrogen and oxygen atoms in total. The van der Waals surface area contributed by atoms with Gasteiger partial charge in [0, 0.05) is 6.04 Å². The first-order valence-corrected chi connectivity index (χ1v) is 7.92. The van der Waals surface area contributed by atoms with Gasteiger partial charge >= 0.3 is 0 Å². The van der Waals surface area contributed by atoms with E-state index in [1.54, 1.807) is 5.56 Å². The molecule has 1 N–H and O–H groups in total. The van der Waals surface area contributed by atoms with Crippen molar-refractivity contribution < 1.29 is 0 Å². The molecule has 19 heavy (non-hydrogen) atoms. The monoisotopic (exact) mass is 259 g/mol. The first-order chi connectivity index (χ1) is 9.13. The molecule has 1 saturated carbocycles. The lowest BCUT2D eigenvalue weighted by Gasteiger charge is -2.23. The highest BCUT2D eigenvalue weighted by molar-refractivity contribution is 5.34. The molecule has 3 atom stereocenters. The van der Waals surface area contributed by atoms with Crippen LogP contribution in [-0.2, 0) is 6.42 Å². The molecule has 0 aromatic heterocycles. The number of rotatable bonds is 5. The van der Waals surface area contributed by atoms with Gasteiger partial charge in [0.25, 0.3) is 0 Å². The van der Waals surface area contributed by atoms with E-state index in [-0.39, 0.29) is 0 Å². The largest absolute Gasteiger partial charge is 0.314 e. The van der Waals surface area contributed by atoms with Crippen LogP contribution in [0, 0.1) is 25.7 Å². The van der Waals surface area contributed by atoms with E-state index < -0.39 is 0 Å². The van der Waals surface area contributed by atoms with Crippen molar-refractivity contribution in [1.29, 1.82) is 0 Å². The summed E-state index contributed by atoms with van der Waals surface area (Å²) >= 11 is 0. The van der Waals surface area contributed by atoms with Crippen LogP contribution in [0.5, 0.6) is 0 Å². The minimum atomic E-state index is 0.745. The van der Waals surface area contributed by atoms with Crippen LogP contribution in [0.4, 0.5) is 0 Å². The molecule has 3 unspecified atom stereocenters. The second kappa shape index (κ2) is 6.56. The molecule has 0 amide bonds. The van der Waals surface area contributed by atoms with Crippen molar-refractivity contribution >= 4 is 0 Å². The van der Waals surface area contributed by atoms with Gasteiger partial charge in [0.2, 0.25) is 0 Å². The smallest absolute Gasteiger partial charge is 0.00955 e. The predicted molar refractivity (Wildman–Crippen MR) is 83.6 cm³/mol. The summed E-state index contributed by atoms with van der Waals surface area (Å²) in [5.74, 6) is 1.67. The Morgan fingerprint density at radius 3 is 2.47 bits per heavy atom. The number of hydrogen-bond acceptors (Lipinski definition) is 1. The van der Waals surface area contributed by atoms with Gasteiger partial charge in [0.1, 0.15) is 0 Å². The molecule has 0 aliphatic heterocycles. The Hall–Kier alpha value is -0.820. The first-order valence-electron chi connectivity index (χ1n) is 7.92. The predicted octanol–water partition coefficient (Wildman–Crippen LogP) is 4.26. The summed E-state index contributed by atoms with van der Waals surface area (Å²) in [5, 5.41) is 3.73. The lowest BCUT2D eigenvalue weighted by atomic mass is 9.86. The molecule has 1 heteroatoms. The van der Waals surface area contributed by atoms with Gasteiger partial charge in [-0.1, -0.05) is 32.0 Å². The average Bonchev–Trinajstić information content (AvgIpc) is 2.73. The van der Waals surface area contributed by atoms with Gasteiger partial charge < -0.3 is 5.32 Å². The third-order valence-electron chi connectivity index (χ3n) is 4.99. The van der Waals surface area contributed by atoms with Gasteiger partial charge in [-0.3, -0.25) is 0 Å². The number of aryl methyl sites for hydroxylation is 2. The van der Waals surface area contributed by atoms with Gasteiger partial charge in [-0.2, -0.15) is 0 Å². The highest BCUT2D eigenvalue weighted by Gasteiger charge is 2.32. The highest BCUT2D eigenvalue weighted by atomic mass is 14.9. The van der Waals surface area contributed by atoms with Crippen LogP contribution in [-0.4, -0.2) is 12.6 Å². The van der Waals surface area contributed by atoms with E-state index in [2.05, 4.69) is 51.2 Å². The van der Waals surface area contributed by atoms with Crippen molar-refractivity contribution in [1.82, 2.24) is 5.32 Å². The maximum atomic E-state index is 3.73. The van der Waals surface area contributed by atoms with Crippen molar-refractivity contribution in [2.45, 2.75) is 59.4 Å². The van der Waals surface area contributed by atoms with Gasteiger partial charge in [0.05, 0.1) is 0 Å². The van der Waals surface area contributed by atoms with Gasteiger partial charge in [0.15, 0.2) is 0 Å². The summed E-state index contributed by atoms with van der Waals surface area (Å²) < 4.78 is 0. The quantitative estimate of drug-likeness (QED) is 0.833. The Bertz CT molecular complexity index is 390. The van der Waals surface area contributed by atoms with E-state index in [4.69, 9.17) is 0 Å². The molecule has 2 rings (SSSR count). The SMILES string of the molecule is CCCNC1CCC(Cc2c(C)cccc2C)C1C. The summed E-state index contributed by atoms with van der Waals surface area (Å²) in [6, 6.07) is 7.44. The fraction of sp³-hybridized carbons (Fsp3) is 0.667. The molecule has 1 aliphatic carbocycles. The van der Waals surface area contributed by atoms with Gasteiger partial charge in [-0.25, -0.2) is 0 Å². The normalized spacial score (nSPS) is 26.8. The zero-order chi connectivity index (χ0) is 13.8. The Morgan fingerprint density at radius 2 is 1.84 bits per heavy atom. The van der Waals surface area contributed by atoms with E-state index in [1.165, 1.54) is 43.4 Å². The topological polar surface area (TPSA) is 12.0 Å². The Balaban J connectivity index is 2.00. The zero-order valence-electron chi connectivity index (χ0n) is 13.0. The molecule has 0 spiro atoms. The molecule has 0 bridgehead atoms. The molecular formula is C18H29N. The second-order valence-electron chi connectivity index (χ2n) is 6.33. The van der Waals surface area contributed by atoms with E-state index in [0.717, 1.165) is 17.9 Å². The lowest BCUT2D eigenvalue weighted by Crippen LogP contribution is -2.33. The van der Waals surface area contributed by atoms with Crippen LogP contribution in [0.25, 0.3) is 0 Å². The fourth-order valence-corrected chi connectivity index (χ4v) is 3.59. The lowest BCUT2D eigenvalue weighted by molar-refractivity contribution is 0.351. The number of hydrogen-bond donors (Lipinski definition) is 1. The maximum absolute atomic E-state index is 3.73. The summed E-state index contributed by atoms with van der Waals surface area (Å²) in [7, 11) is 0.